The second-order valence-electron chi connectivity index (χ2n) is 8.87. The number of methoxy groups -OCH3 is 1. The molecule has 11 heteroatoms. The first-order chi connectivity index (χ1) is 15.7. The van der Waals surface area contributed by atoms with Crippen LogP contribution >= 0.6 is 24.8 Å². The fourth-order valence-corrected chi connectivity index (χ4v) is 4.93. The summed E-state index contributed by atoms with van der Waals surface area (Å²) in [5, 5.41) is 0. The normalized spacial score (nSPS) is 23.0. The van der Waals surface area contributed by atoms with Gasteiger partial charge >= 0.3 is 12.1 Å². The van der Waals surface area contributed by atoms with E-state index < -0.39 is 17.7 Å². The second-order valence-corrected chi connectivity index (χ2v) is 8.87. The van der Waals surface area contributed by atoms with Gasteiger partial charge in [-0.05, 0) is 29.7 Å². The number of benzene rings is 1. The number of carbonyl (C=O) groups excluding carboxylic acids is 2. The van der Waals surface area contributed by atoms with Gasteiger partial charge in [-0.15, -0.1) is 24.8 Å². The molecule has 1 fully saturated rings. The van der Waals surface area contributed by atoms with Gasteiger partial charge in [0, 0.05) is 58.4 Å². The van der Waals surface area contributed by atoms with Crippen molar-refractivity contribution in [2.75, 3.05) is 46.9 Å². The minimum Gasteiger partial charge on any atom is -0.466 e. The Balaban J connectivity index is 0.00000216. The van der Waals surface area contributed by atoms with E-state index >= 15 is 0 Å². The van der Waals surface area contributed by atoms with Crippen LogP contribution in [0.5, 0.6) is 0 Å². The van der Waals surface area contributed by atoms with Gasteiger partial charge < -0.3 is 9.64 Å². The zero-order chi connectivity index (χ0) is 23.8. The van der Waals surface area contributed by atoms with E-state index in [1.807, 2.05) is 0 Å². The Hall–Kier alpha value is -2.07. The van der Waals surface area contributed by atoms with Gasteiger partial charge in [0.15, 0.2) is 0 Å². The Bertz CT molecular complexity index is 974. The second kappa shape index (κ2) is 11.8. The molecule has 4 rings (SSSR count). The lowest BCUT2D eigenvalue weighted by Crippen LogP contribution is -2.47. The SMILES string of the molecule is COC(=O)C1=CN(C)C(=O)[C@@H]2C(CN3CCN(Cc4ccc(C(F)(F)F)cc4)CC3)=CC[C@H]12.Cl.Cl. The van der Waals surface area contributed by atoms with Crippen LogP contribution in [0.25, 0.3) is 0 Å². The molecule has 1 amide bonds. The number of alkyl halides is 3. The third-order valence-electron chi connectivity index (χ3n) is 6.76. The third-order valence-corrected chi connectivity index (χ3v) is 6.76. The Morgan fingerprint density at radius 1 is 1.03 bits per heavy atom. The van der Waals surface area contributed by atoms with Crippen LogP contribution in [0.15, 0.2) is 47.7 Å². The lowest BCUT2D eigenvalue weighted by atomic mass is 9.82. The Labute approximate surface area is 215 Å². The maximum atomic E-state index is 12.8. The van der Waals surface area contributed by atoms with Crippen molar-refractivity contribution in [3.63, 3.8) is 0 Å². The molecule has 2 aliphatic heterocycles. The highest BCUT2D eigenvalue weighted by Crippen LogP contribution is 2.41. The summed E-state index contributed by atoms with van der Waals surface area (Å²) in [5.41, 5.74) is 1.81. The van der Waals surface area contributed by atoms with Crippen LogP contribution in [0.1, 0.15) is 17.5 Å². The van der Waals surface area contributed by atoms with E-state index in [9.17, 15) is 22.8 Å². The van der Waals surface area contributed by atoms with Crippen LogP contribution in [0.3, 0.4) is 0 Å². The molecule has 0 radical (unpaired) electrons. The lowest BCUT2D eigenvalue weighted by Gasteiger charge is -2.37. The maximum absolute atomic E-state index is 12.8. The summed E-state index contributed by atoms with van der Waals surface area (Å²) in [6.07, 6.45) is -0.00169. The number of rotatable bonds is 5. The van der Waals surface area contributed by atoms with Gasteiger partial charge in [-0.3, -0.25) is 14.6 Å². The molecule has 35 heavy (non-hydrogen) atoms. The Morgan fingerprint density at radius 3 is 2.14 bits per heavy atom. The topological polar surface area (TPSA) is 53.1 Å². The molecule has 1 aromatic rings. The lowest BCUT2D eigenvalue weighted by molar-refractivity contribution is -0.139. The molecular weight excluding hydrogens is 506 g/mol. The van der Waals surface area contributed by atoms with Crippen molar-refractivity contribution in [2.24, 2.45) is 11.8 Å². The number of nitrogens with zero attached hydrogens (tertiary/aromatic N) is 3. The summed E-state index contributed by atoms with van der Waals surface area (Å²) in [6.45, 7) is 4.48. The fraction of sp³-hybridized carbons (Fsp3) is 0.500. The molecule has 0 bridgehead atoms. The Kier molecular flexibility index (Phi) is 9.81. The van der Waals surface area contributed by atoms with Crippen LogP contribution in [0.2, 0.25) is 0 Å². The average molecular weight is 536 g/mol. The van der Waals surface area contributed by atoms with E-state index in [4.69, 9.17) is 4.74 Å². The van der Waals surface area contributed by atoms with E-state index in [1.54, 1.807) is 13.2 Å². The van der Waals surface area contributed by atoms with Crippen LogP contribution in [-0.4, -0.2) is 73.5 Å². The van der Waals surface area contributed by atoms with Crippen LogP contribution in [0.4, 0.5) is 13.2 Å². The van der Waals surface area contributed by atoms with Gasteiger partial charge in [0.05, 0.1) is 24.2 Å². The number of carbonyl (C=O) groups is 2. The summed E-state index contributed by atoms with van der Waals surface area (Å²) in [4.78, 5) is 31.0. The van der Waals surface area contributed by atoms with Gasteiger partial charge in [-0.25, -0.2) is 4.79 Å². The predicted octanol–water partition coefficient (Wildman–Crippen LogP) is 3.76. The zero-order valence-corrected chi connectivity index (χ0v) is 21.2. The summed E-state index contributed by atoms with van der Waals surface area (Å²) in [5.74, 6) is -0.899. The molecule has 0 aromatic heterocycles. The average Bonchev–Trinajstić information content (AvgIpc) is 3.20. The summed E-state index contributed by atoms with van der Waals surface area (Å²) in [6, 6.07) is 5.33. The van der Waals surface area contributed by atoms with E-state index in [0.717, 1.165) is 49.4 Å². The predicted molar refractivity (Wildman–Crippen MR) is 130 cm³/mol. The number of hydrogen-bond acceptors (Lipinski definition) is 5. The van der Waals surface area contributed by atoms with Crippen molar-refractivity contribution in [2.45, 2.75) is 19.1 Å². The number of amides is 1. The van der Waals surface area contributed by atoms with Gasteiger partial charge in [0.2, 0.25) is 5.91 Å². The van der Waals surface area contributed by atoms with Crippen molar-refractivity contribution < 1.29 is 27.5 Å². The molecule has 1 aliphatic carbocycles. The first-order valence-electron chi connectivity index (χ1n) is 11.0. The van der Waals surface area contributed by atoms with E-state index in [1.165, 1.54) is 24.1 Å². The van der Waals surface area contributed by atoms with E-state index in [0.29, 0.717) is 25.1 Å². The van der Waals surface area contributed by atoms with Crippen molar-refractivity contribution in [3.05, 3.63) is 58.8 Å². The maximum Gasteiger partial charge on any atom is 0.416 e. The van der Waals surface area contributed by atoms with Crippen molar-refractivity contribution in [1.29, 1.82) is 0 Å². The molecule has 6 nitrogen and oxygen atoms in total. The highest BCUT2D eigenvalue weighted by Gasteiger charge is 2.44. The molecular formula is C24H30Cl2F3N3O3. The van der Waals surface area contributed by atoms with E-state index in [2.05, 4.69) is 15.9 Å². The smallest absolute Gasteiger partial charge is 0.416 e. The Morgan fingerprint density at radius 2 is 1.60 bits per heavy atom. The fourth-order valence-electron chi connectivity index (χ4n) is 4.93. The zero-order valence-electron chi connectivity index (χ0n) is 19.6. The number of hydrogen-bond donors (Lipinski definition) is 0. The number of ether oxygens (including phenoxy) is 1. The van der Waals surface area contributed by atoms with Crippen molar-refractivity contribution in [3.8, 4) is 0 Å². The van der Waals surface area contributed by atoms with Crippen molar-refractivity contribution >= 4 is 36.7 Å². The largest absolute Gasteiger partial charge is 0.466 e. The molecule has 0 spiro atoms. The molecule has 0 N–H and O–H groups in total. The molecule has 2 heterocycles. The van der Waals surface area contributed by atoms with E-state index in [-0.39, 0.29) is 42.6 Å². The van der Waals surface area contributed by atoms with Crippen LogP contribution < -0.4 is 0 Å². The van der Waals surface area contributed by atoms with Crippen LogP contribution in [-0.2, 0) is 27.0 Å². The number of esters is 1. The first-order valence-corrected chi connectivity index (χ1v) is 11.0. The van der Waals surface area contributed by atoms with Gasteiger partial charge in [0.1, 0.15) is 0 Å². The minimum atomic E-state index is -4.32. The number of piperazine rings is 1. The monoisotopic (exact) mass is 535 g/mol. The molecule has 1 saturated heterocycles. The summed E-state index contributed by atoms with van der Waals surface area (Å²) >= 11 is 0. The van der Waals surface area contributed by atoms with Gasteiger partial charge in [0.25, 0.3) is 0 Å². The number of allylic oxidation sites excluding steroid dienone is 1. The highest BCUT2D eigenvalue weighted by atomic mass is 35.5. The molecule has 2 atom stereocenters. The molecule has 194 valence electrons. The first kappa shape index (κ1) is 29.2. The summed E-state index contributed by atoms with van der Waals surface area (Å²) < 4.78 is 43.2. The number of fused-ring (bicyclic) bond motifs is 1. The highest BCUT2D eigenvalue weighted by molar-refractivity contribution is 5.95. The third kappa shape index (κ3) is 6.39. The van der Waals surface area contributed by atoms with Crippen molar-refractivity contribution in [1.82, 2.24) is 14.7 Å². The summed E-state index contributed by atoms with van der Waals surface area (Å²) in [7, 11) is 3.01. The van der Waals surface area contributed by atoms with Gasteiger partial charge in [-0.2, -0.15) is 13.2 Å². The minimum absolute atomic E-state index is 0. The van der Waals surface area contributed by atoms with Crippen LogP contribution in [0, 0.1) is 11.8 Å². The number of halogens is 5. The quantitative estimate of drug-likeness (QED) is 0.424. The molecule has 1 aromatic carbocycles. The van der Waals surface area contributed by atoms with Gasteiger partial charge in [-0.1, -0.05) is 18.2 Å². The molecule has 0 saturated carbocycles. The molecule has 3 aliphatic rings. The molecule has 0 unspecified atom stereocenters. The standard InChI is InChI=1S/C24H28F3N3O3.2ClH/c1-28-15-20(23(32)33-2)19-8-5-17(21(19)22(28)31)14-30-11-9-29(10-12-30)13-16-3-6-18(7-4-16)24(25,26)27;;/h3-7,15,19,21H,8-14H2,1-2H3;2*1H/t19-,21-;;/m1../s1.